The average molecular weight is 287 g/mol. The number of nitro groups is 1. The van der Waals surface area contributed by atoms with Gasteiger partial charge in [-0.1, -0.05) is 31.0 Å². The monoisotopic (exact) mass is 286 g/mol. The first-order valence-electron chi connectivity index (χ1n) is 5.86. The molecule has 0 aromatic heterocycles. The average Bonchev–Trinajstić information content (AvgIpc) is 2.35. The number of aliphatic hydroxyl groups excluding tert-OH is 1. The molecule has 0 heterocycles. The van der Waals surface area contributed by atoms with Crippen LogP contribution in [-0.2, 0) is 0 Å². The van der Waals surface area contributed by atoms with Crippen LogP contribution in [0, 0.1) is 10.1 Å². The van der Waals surface area contributed by atoms with Gasteiger partial charge < -0.3 is 10.4 Å². The molecule has 1 rings (SSSR count). The molecule has 0 aliphatic carbocycles. The summed E-state index contributed by atoms with van der Waals surface area (Å²) in [5, 5.41) is 22.7. The zero-order valence-electron chi connectivity index (χ0n) is 10.4. The summed E-state index contributed by atoms with van der Waals surface area (Å²) in [5.74, 6) is -0.621. The lowest BCUT2D eigenvalue weighted by atomic mass is 10.1. The van der Waals surface area contributed by atoms with E-state index in [-0.39, 0.29) is 17.1 Å². The molecule has 1 aromatic carbocycles. The van der Waals surface area contributed by atoms with Crippen LogP contribution >= 0.6 is 11.6 Å². The van der Waals surface area contributed by atoms with E-state index in [9.17, 15) is 20.0 Å². The van der Waals surface area contributed by atoms with Gasteiger partial charge in [-0.25, -0.2) is 0 Å². The van der Waals surface area contributed by atoms with Crippen molar-refractivity contribution >= 4 is 23.2 Å². The Kier molecular flexibility index (Phi) is 5.72. The van der Waals surface area contributed by atoms with E-state index in [2.05, 4.69) is 5.32 Å². The third-order valence-corrected chi connectivity index (χ3v) is 2.84. The van der Waals surface area contributed by atoms with Crippen molar-refractivity contribution in [3.63, 3.8) is 0 Å². The number of carbonyl (C=O) groups excluding carboxylic acids is 1. The van der Waals surface area contributed by atoms with Crippen LogP contribution in [0.2, 0.25) is 5.02 Å². The molecule has 6 nitrogen and oxygen atoms in total. The maximum atomic E-state index is 11.8. The minimum absolute atomic E-state index is 0.0519. The first-order valence-corrected chi connectivity index (χ1v) is 6.24. The van der Waals surface area contributed by atoms with Gasteiger partial charge >= 0.3 is 5.69 Å². The second-order valence-electron chi connectivity index (χ2n) is 4.05. The van der Waals surface area contributed by atoms with Gasteiger partial charge in [0.05, 0.1) is 11.0 Å². The zero-order chi connectivity index (χ0) is 14.4. The highest BCUT2D eigenvalue weighted by Gasteiger charge is 2.23. The van der Waals surface area contributed by atoms with E-state index in [1.165, 1.54) is 18.2 Å². The summed E-state index contributed by atoms with van der Waals surface area (Å²) in [6, 6.07) is 4.14. The number of nitrogens with zero attached hydrogens (tertiary/aromatic N) is 1. The largest absolute Gasteiger partial charge is 0.391 e. The van der Waals surface area contributed by atoms with Crippen molar-refractivity contribution in [2.75, 3.05) is 6.54 Å². The van der Waals surface area contributed by atoms with Gasteiger partial charge in [-0.05, 0) is 18.6 Å². The maximum absolute atomic E-state index is 11.8. The van der Waals surface area contributed by atoms with E-state index in [1.54, 1.807) is 0 Å². The summed E-state index contributed by atoms with van der Waals surface area (Å²) >= 11 is 5.71. The summed E-state index contributed by atoms with van der Waals surface area (Å²) in [5.41, 5.74) is -0.534. The molecule has 1 unspecified atom stereocenters. The third-order valence-electron chi connectivity index (χ3n) is 2.53. The minimum atomic E-state index is -0.695. The number of aliphatic hydroxyl groups is 1. The van der Waals surface area contributed by atoms with Crippen molar-refractivity contribution in [3.8, 4) is 0 Å². The van der Waals surface area contributed by atoms with Crippen LogP contribution in [0.4, 0.5) is 5.69 Å². The molecule has 0 bridgehead atoms. The molecule has 104 valence electrons. The highest BCUT2D eigenvalue weighted by atomic mass is 35.5. The van der Waals surface area contributed by atoms with E-state index in [0.717, 1.165) is 6.42 Å². The Morgan fingerprint density at radius 2 is 2.26 bits per heavy atom. The summed E-state index contributed by atoms with van der Waals surface area (Å²) in [6.07, 6.45) is 0.680. The molecule has 7 heteroatoms. The Morgan fingerprint density at radius 3 is 2.84 bits per heavy atom. The van der Waals surface area contributed by atoms with E-state index in [4.69, 9.17) is 11.6 Å². The van der Waals surface area contributed by atoms with Gasteiger partial charge in [-0.15, -0.1) is 0 Å². The highest BCUT2D eigenvalue weighted by Crippen LogP contribution is 2.27. The lowest BCUT2D eigenvalue weighted by molar-refractivity contribution is -0.385. The molecule has 0 saturated heterocycles. The SMILES string of the molecule is CCCC(O)CNC(=O)c1cccc(Cl)c1[N+](=O)[O-]. The number of hydrogen-bond acceptors (Lipinski definition) is 4. The molecular weight excluding hydrogens is 272 g/mol. The molecule has 0 aliphatic heterocycles. The summed E-state index contributed by atoms with van der Waals surface area (Å²) in [7, 11) is 0. The Balaban J connectivity index is 2.83. The van der Waals surface area contributed by atoms with Gasteiger partial charge in [0.15, 0.2) is 0 Å². The second-order valence-corrected chi connectivity index (χ2v) is 4.45. The highest BCUT2D eigenvalue weighted by molar-refractivity contribution is 6.33. The minimum Gasteiger partial charge on any atom is -0.391 e. The van der Waals surface area contributed by atoms with Crippen molar-refractivity contribution in [2.45, 2.75) is 25.9 Å². The predicted octanol–water partition coefficient (Wildman–Crippen LogP) is 2.14. The van der Waals surface area contributed by atoms with Crippen LogP contribution in [0.3, 0.4) is 0 Å². The number of benzene rings is 1. The van der Waals surface area contributed by atoms with Crippen LogP contribution in [0.1, 0.15) is 30.1 Å². The molecule has 0 saturated carbocycles. The number of rotatable bonds is 6. The van der Waals surface area contributed by atoms with E-state index >= 15 is 0 Å². The third kappa shape index (κ3) is 4.18. The predicted molar refractivity (Wildman–Crippen MR) is 71.4 cm³/mol. The van der Waals surface area contributed by atoms with Crippen molar-refractivity contribution in [2.24, 2.45) is 0 Å². The summed E-state index contributed by atoms with van der Waals surface area (Å²) in [4.78, 5) is 22.0. The smallest absolute Gasteiger partial charge is 0.300 e. The fourth-order valence-electron chi connectivity index (χ4n) is 1.63. The Morgan fingerprint density at radius 1 is 1.58 bits per heavy atom. The normalized spacial score (nSPS) is 11.9. The van der Waals surface area contributed by atoms with Crippen LogP contribution in [-0.4, -0.2) is 28.6 Å². The number of para-hydroxylation sites is 1. The maximum Gasteiger partial charge on any atom is 0.300 e. The van der Waals surface area contributed by atoms with Crippen LogP contribution in [0.25, 0.3) is 0 Å². The number of amides is 1. The van der Waals surface area contributed by atoms with Gasteiger partial charge in [0.25, 0.3) is 5.91 Å². The van der Waals surface area contributed by atoms with Gasteiger partial charge in [-0.2, -0.15) is 0 Å². The Bertz CT molecular complexity index is 479. The number of halogens is 1. The van der Waals surface area contributed by atoms with Crippen molar-refractivity contribution in [1.82, 2.24) is 5.32 Å². The number of carbonyl (C=O) groups is 1. The molecule has 0 aliphatic rings. The van der Waals surface area contributed by atoms with Gasteiger partial charge in [0.2, 0.25) is 0 Å². The molecule has 1 atom stereocenters. The van der Waals surface area contributed by atoms with Gasteiger partial charge in [0, 0.05) is 6.54 Å². The first kappa shape index (κ1) is 15.4. The van der Waals surface area contributed by atoms with E-state index in [0.29, 0.717) is 6.42 Å². The lowest BCUT2D eigenvalue weighted by Crippen LogP contribution is -2.32. The lowest BCUT2D eigenvalue weighted by Gasteiger charge is -2.11. The van der Waals surface area contributed by atoms with E-state index < -0.39 is 22.6 Å². The molecule has 0 radical (unpaired) electrons. The summed E-state index contributed by atoms with van der Waals surface area (Å²) < 4.78 is 0. The van der Waals surface area contributed by atoms with Crippen molar-refractivity contribution < 1.29 is 14.8 Å². The molecule has 0 fully saturated rings. The van der Waals surface area contributed by atoms with Crippen LogP contribution < -0.4 is 5.32 Å². The fraction of sp³-hybridized carbons (Fsp3) is 0.417. The molecule has 0 spiro atoms. The Labute approximate surface area is 115 Å². The molecular formula is C12H15ClN2O4. The molecule has 1 aromatic rings. The van der Waals surface area contributed by atoms with Crippen LogP contribution in [0.15, 0.2) is 18.2 Å². The van der Waals surface area contributed by atoms with Crippen molar-refractivity contribution in [1.29, 1.82) is 0 Å². The first-order chi connectivity index (χ1) is 8.97. The summed E-state index contributed by atoms with van der Waals surface area (Å²) in [6.45, 7) is 1.96. The number of nitro benzene ring substituents is 1. The van der Waals surface area contributed by atoms with Gasteiger partial charge in [0.1, 0.15) is 10.6 Å². The zero-order valence-corrected chi connectivity index (χ0v) is 11.2. The van der Waals surface area contributed by atoms with E-state index in [1.807, 2.05) is 6.92 Å². The molecule has 19 heavy (non-hydrogen) atoms. The van der Waals surface area contributed by atoms with Crippen molar-refractivity contribution in [3.05, 3.63) is 38.9 Å². The quantitative estimate of drug-likeness (QED) is 0.619. The fourth-order valence-corrected chi connectivity index (χ4v) is 1.87. The topological polar surface area (TPSA) is 92.5 Å². The Hall–Kier alpha value is -1.66. The molecule has 1 amide bonds. The van der Waals surface area contributed by atoms with Gasteiger partial charge in [-0.3, -0.25) is 14.9 Å². The molecule has 2 N–H and O–H groups in total. The van der Waals surface area contributed by atoms with Crippen LogP contribution in [0.5, 0.6) is 0 Å². The standard InChI is InChI=1S/C12H15ClN2O4/c1-2-4-8(16)7-14-12(17)9-5-3-6-10(13)11(9)15(18)19/h3,5-6,8,16H,2,4,7H2,1H3,(H,14,17). The number of hydrogen-bond donors (Lipinski definition) is 2. The second kappa shape index (κ2) is 7.06. The number of nitrogens with one attached hydrogen (secondary N) is 1.